The number of carbonyl (C=O) groups is 2. The number of aromatic carboxylic acids is 1. The molecule has 0 radical (unpaired) electrons. The summed E-state index contributed by atoms with van der Waals surface area (Å²) in [5, 5.41) is 11.4. The predicted octanol–water partition coefficient (Wildman–Crippen LogP) is 1.33. The van der Waals surface area contributed by atoms with Gasteiger partial charge >= 0.3 is 5.97 Å². The molecule has 1 aromatic rings. The molecule has 4 N–H and O–H groups in total. The molecule has 18 heavy (non-hydrogen) atoms. The van der Waals surface area contributed by atoms with E-state index in [9.17, 15) is 9.59 Å². The van der Waals surface area contributed by atoms with Crippen LogP contribution in [0.15, 0.2) is 18.2 Å². The van der Waals surface area contributed by atoms with E-state index < -0.39 is 11.9 Å². The molecule has 0 fully saturated rings. The second-order valence-electron chi connectivity index (χ2n) is 4.02. The minimum Gasteiger partial charge on any atom is -0.478 e. The zero-order valence-electron chi connectivity index (χ0n) is 10.3. The monoisotopic (exact) mass is 252 g/mol. The highest BCUT2D eigenvalue weighted by atomic mass is 16.5. The van der Waals surface area contributed by atoms with Gasteiger partial charge in [-0.05, 0) is 32.0 Å². The van der Waals surface area contributed by atoms with Crippen molar-refractivity contribution in [3.63, 3.8) is 0 Å². The zero-order valence-corrected chi connectivity index (χ0v) is 10.3. The summed E-state index contributed by atoms with van der Waals surface area (Å²) in [4.78, 5) is 22.5. The highest BCUT2D eigenvalue weighted by Gasteiger charge is 2.13. The molecule has 0 aliphatic carbocycles. The lowest BCUT2D eigenvalue weighted by molar-refractivity contribution is -0.121. The van der Waals surface area contributed by atoms with Crippen molar-refractivity contribution in [2.45, 2.75) is 20.0 Å². The molecule has 98 valence electrons. The third kappa shape index (κ3) is 4.06. The van der Waals surface area contributed by atoms with Crippen LogP contribution in [0.4, 0.5) is 11.4 Å². The summed E-state index contributed by atoms with van der Waals surface area (Å²) >= 11 is 0. The number of carboxylic acids is 1. The Balaban J connectivity index is 2.79. The van der Waals surface area contributed by atoms with E-state index in [0.29, 0.717) is 5.69 Å². The minimum absolute atomic E-state index is 0.0119. The first-order valence-electron chi connectivity index (χ1n) is 5.44. The Morgan fingerprint density at radius 2 is 2.11 bits per heavy atom. The van der Waals surface area contributed by atoms with Crippen LogP contribution in [0.25, 0.3) is 0 Å². The molecular formula is C12H16N2O4. The van der Waals surface area contributed by atoms with E-state index in [1.54, 1.807) is 13.8 Å². The SMILES string of the molecule is CC(C)OCC(=O)Nc1cc(N)ccc1C(=O)O. The van der Waals surface area contributed by atoms with Crippen molar-refractivity contribution < 1.29 is 19.4 Å². The lowest BCUT2D eigenvalue weighted by Gasteiger charge is -2.11. The first kappa shape index (κ1) is 14.0. The number of amides is 1. The number of hydrogen-bond acceptors (Lipinski definition) is 4. The van der Waals surface area contributed by atoms with Gasteiger partial charge in [0.15, 0.2) is 0 Å². The van der Waals surface area contributed by atoms with Gasteiger partial charge < -0.3 is 20.9 Å². The molecule has 0 bridgehead atoms. The van der Waals surface area contributed by atoms with Crippen LogP contribution in [-0.2, 0) is 9.53 Å². The standard InChI is InChI=1S/C12H16N2O4/c1-7(2)18-6-11(15)14-10-5-8(13)3-4-9(10)12(16)17/h3-5,7H,6,13H2,1-2H3,(H,14,15)(H,16,17). The number of nitrogen functional groups attached to an aromatic ring is 1. The van der Waals surface area contributed by atoms with Gasteiger partial charge in [-0.15, -0.1) is 0 Å². The molecular weight excluding hydrogens is 236 g/mol. The van der Waals surface area contributed by atoms with Crippen molar-refractivity contribution in [3.05, 3.63) is 23.8 Å². The van der Waals surface area contributed by atoms with Crippen molar-refractivity contribution in [2.24, 2.45) is 0 Å². The van der Waals surface area contributed by atoms with Gasteiger partial charge in [0.05, 0.1) is 17.4 Å². The Kier molecular flexibility index (Phi) is 4.67. The maximum atomic E-state index is 11.5. The maximum absolute atomic E-state index is 11.5. The third-order valence-corrected chi connectivity index (χ3v) is 2.10. The first-order valence-corrected chi connectivity index (χ1v) is 5.44. The van der Waals surface area contributed by atoms with Gasteiger partial charge in [0.2, 0.25) is 5.91 Å². The fourth-order valence-corrected chi connectivity index (χ4v) is 1.28. The van der Waals surface area contributed by atoms with Gasteiger partial charge in [-0.3, -0.25) is 4.79 Å². The number of hydrogen-bond donors (Lipinski definition) is 3. The van der Waals surface area contributed by atoms with E-state index in [0.717, 1.165) is 0 Å². The van der Waals surface area contributed by atoms with E-state index in [1.165, 1.54) is 18.2 Å². The fourth-order valence-electron chi connectivity index (χ4n) is 1.28. The quantitative estimate of drug-likeness (QED) is 0.686. The van der Waals surface area contributed by atoms with Crippen LogP contribution in [0, 0.1) is 0 Å². The van der Waals surface area contributed by atoms with Gasteiger partial charge in [0.25, 0.3) is 0 Å². The number of nitrogens with two attached hydrogens (primary N) is 1. The molecule has 6 nitrogen and oxygen atoms in total. The molecule has 0 aromatic heterocycles. The van der Waals surface area contributed by atoms with Crippen LogP contribution >= 0.6 is 0 Å². The zero-order chi connectivity index (χ0) is 13.7. The van der Waals surface area contributed by atoms with Crippen molar-refractivity contribution in [1.82, 2.24) is 0 Å². The molecule has 0 unspecified atom stereocenters. The third-order valence-electron chi connectivity index (χ3n) is 2.10. The van der Waals surface area contributed by atoms with Gasteiger partial charge in [-0.2, -0.15) is 0 Å². The van der Waals surface area contributed by atoms with Crippen LogP contribution in [0.1, 0.15) is 24.2 Å². The molecule has 0 atom stereocenters. The lowest BCUT2D eigenvalue weighted by atomic mass is 10.1. The number of carboxylic acid groups (broad SMARTS) is 1. The number of carbonyl (C=O) groups excluding carboxylic acids is 1. The first-order chi connectivity index (χ1) is 8.40. The van der Waals surface area contributed by atoms with Gasteiger partial charge in [-0.25, -0.2) is 4.79 Å². The molecule has 0 aliphatic rings. The highest BCUT2D eigenvalue weighted by molar-refractivity contribution is 6.01. The lowest BCUT2D eigenvalue weighted by Crippen LogP contribution is -2.22. The highest BCUT2D eigenvalue weighted by Crippen LogP contribution is 2.19. The van der Waals surface area contributed by atoms with Crippen LogP contribution in [0.5, 0.6) is 0 Å². The average Bonchev–Trinajstić information content (AvgIpc) is 2.26. The number of rotatable bonds is 5. The second-order valence-corrected chi connectivity index (χ2v) is 4.02. The van der Waals surface area contributed by atoms with Crippen molar-refractivity contribution in [2.75, 3.05) is 17.7 Å². The Morgan fingerprint density at radius 1 is 1.44 bits per heavy atom. The normalized spacial score (nSPS) is 10.4. The fraction of sp³-hybridized carbons (Fsp3) is 0.333. The molecule has 0 heterocycles. The van der Waals surface area contributed by atoms with Gasteiger partial charge in [0, 0.05) is 5.69 Å². The Morgan fingerprint density at radius 3 is 2.67 bits per heavy atom. The molecule has 1 rings (SSSR count). The Bertz CT molecular complexity index is 457. The van der Waals surface area contributed by atoms with E-state index in [4.69, 9.17) is 15.6 Å². The Labute approximate surface area is 105 Å². The van der Waals surface area contributed by atoms with E-state index in [-0.39, 0.29) is 24.0 Å². The molecule has 0 saturated heterocycles. The maximum Gasteiger partial charge on any atom is 0.337 e. The molecule has 1 aromatic carbocycles. The predicted molar refractivity (Wildman–Crippen MR) is 67.5 cm³/mol. The number of anilines is 2. The van der Waals surface area contributed by atoms with Crippen molar-refractivity contribution in [1.29, 1.82) is 0 Å². The Hall–Kier alpha value is -2.08. The van der Waals surface area contributed by atoms with E-state index in [2.05, 4.69) is 5.32 Å². The second kappa shape index (κ2) is 6.02. The summed E-state index contributed by atoms with van der Waals surface area (Å²) in [6, 6.07) is 4.21. The molecule has 0 spiro atoms. The largest absolute Gasteiger partial charge is 0.478 e. The number of ether oxygens (including phenoxy) is 1. The summed E-state index contributed by atoms with van der Waals surface area (Å²) in [7, 11) is 0. The molecule has 6 heteroatoms. The van der Waals surface area contributed by atoms with Gasteiger partial charge in [-0.1, -0.05) is 0 Å². The van der Waals surface area contributed by atoms with Crippen LogP contribution < -0.4 is 11.1 Å². The summed E-state index contributed by atoms with van der Waals surface area (Å²) in [6.07, 6.45) is -0.0736. The number of benzene rings is 1. The molecule has 1 amide bonds. The van der Waals surface area contributed by atoms with Crippen molar-refractivity contribution >= 4 is 23.3 Å². The van der Waals surface area contributed by atoms with E-state index >= 15 is 0 Å². The van der Waals surface area contributed by atoms with Gasteiger partial charge in [0.1, 0.15) is 6.61 Å². The van der Waals surface area contributed by atoms with Crippen LogP contribution in [-0.4, -0.2) is 29.7 Å². The smallest absolute Gasteiger partial charge is 0.337 e. The minimum atomic E-state index is -1.13. The molecule has 0 saturated carbocycles. The summed E-state index contributed by atoms with van der Waals surface area (Å²) in [5.74, 6) is -1.55. The average molecular weight is 252 g/mol. The number of nitrogens with one attached hydrogen (secondary N) is 1. The van der Waals surface area contributed by atoms with Crippen LogP contribution in [0.3, 0.4) is 0 Å². The summed E-state index contributed by atoms with van der Waals surface area (Å²) in [6.45, 7) is 3.47. The summed E-state index contributed by atoms with van der Waals surface area (Å²) < 4.78 is 5.12. The van der Waals surface area contributed by atoms with E-state index in [1.807, 2.05) is 0 Å². The topological polar surface area (TPSA) is 102 Å². The van der Waals surface area contributed by atoms with Crippen molar-refractivity contribution in [3.8, 4) is 0 Å². The van der Waals surface area contributed by atoms with Crippen LogP contribution in [0.2, 0.25) is 0 Å². The molecule has 0 aliphatic heterocycles. The summed E-state index contributed by atoms with van der Waals surface area (Å²) in [5.41, 5.74) is 6.08.